The van der Waals surface area contributed by atoms with Crippen LogP contribution < -0.4 is 10.6 Å². The molecule has 3 rings (SSSR count). The van der Waals surface area contributed by atoms with Gasteiger partial charge in [0.25, 0.3) is 5.91 Å². The Morgan fingerprint density at radius 2 is 2.16 bits per heavy atom. The number of hydrogen-bond acceptors (Lipinski definition) is 4. The summed E-state index contributed by atoms with van der Waals surface area (Å²) in [6.07, 6.45) is 0. The first-order valence-electron chi connectivity index (χ1n) is 5.74. The molecule has 19 heavy (non-hydrogen) atoms. The summed E-state index contributed by atoms with van der Waals surface area (Å²) in [7, 11) is 0. The van der Waals surface area contributed by atoms with Crippen LogP contribution in [0.4, 0.5) is 11.4 Å². The van der Waals surface area contributed by atoms with E-state index in [1.54, 1.807) is 28.8 Å². The second-order valence-corrected chi connectivity index (χ2v) is 6.99. The molecule has 3 nitrogen and oxygen atoms in total. The SMILES string of the molecule is Nc1ccc2c(c1)N(C(=O)c1ccc(Cl)s1)CCS2. The summed E-state index contributed by atoms with van der Waals surface area (Å²) in [6.45, 7) is 0.690. The number of nitrogens with zero attached hydrogens (tertiary/aromatic N) is 1. The van der Waals surface area contributed by atoms with Crippen molar-refractivity contribution in [3.8, 4) is 0 Å². The van der Waals surface area contributed by atoms with Crippen molar-refractivity contribution in [2.24, 2.45) is 0 Å². The molecular weight excluding hydrogens is 300 g/mol. The van der Waals surface area contributed by atoms with Crippen LogP contribution in [0.1, 0.15) is 9.67 Å². The van der Waals surface area contributed by atoms with Gasteiger partial charge in [0.2, 0.25) is 0 Å². The Kier molecular flexibility index (Phi) is 3.43. The lowest BCUT2D eigenvalue weighted by molar-refractivity contribution is 0.0991. The van der Waals surface area contributed by atoms with Crippen molar-refractivity contribution in [1.29, 1.82) is 0 Å². The Morgan fingerprint density at radius 1 is 1.32 bits per heavy atom. The monoisotopic (exact) mass is 310 g/mol. The molecular formula is C13H11ClN2OS2. The largest absolute Gasteiger partial charge is 0.399 e. The Bertz CT molecular complexity index is 641. The van der Waals surface area contributed by atoms with Gasteiger partial charge in [-0.3, -0.25) is 4.79 Å². The highest BCUT2D eigenvalue weighted by Crippen LogP contribution is 2.37. The van der Waals surface area contributed by atoms with Crippen LogP contribution in [0.15, 0.2) is 35.2 Å². The number of fused-ring (bicyclic) bond motifs is 1. The van der Waals surface area contributed by atoms with Gasteiger partial charge in [-0.25, -0.2) is 0 Å². The molecule has 2 heterocycles. The lowest BCUT2D eigenvalue weighted by Gasteiger charge is -2.28. The van der Waals surface area contributed by atoms with E-state index in [9.17, 15) is 4.79 Å². The van der Waals surface area contributed by atoms with Gasteiger partial charge < -0.3 is 10.6 Å². The Balaban J connectivity index is 1.99. The third-order valence-corrected chi connectivity index (χ3v) is 5.14. The number of amides is 1. The highest BCUT2D eigenvalue weighted by Gasteiger charge is 2.25. The quantitative estimate of drug-likeness (QED) is 0.816. The van der Waals surface area contributed by atoms with Crippen LogP contribution in [-0.2, 0) is 0 Å². The number of thioether (sulfide) groups is 1. The molecule has 0 radical (unpaired) electrons. The molecule has 98 valence electrons. The normalized spacial score (nSPS) is 14.3. The summed E-state index contributed by atoms with van der Waals surface area (Å²) in [6, 6.07) is 9.20. The van der Waals surface area contributed by atoms with Gasteiger partial charge in [-0.2, -0.15) is 0 Å². The molecule has 0 bridgehead atoms. The van der Waals surface area contributed by atoms with Crippen LogP contribution in [0.25, 0.3) is 0 Å². The second kappa shape index (κ2) is 5.07. The average molecular weight is 311 g/mol. The molecule has 1 amide bonds. The summed E-state index contributed by atoms with van der Waals surface area (Å²) in [5.41, 5.74) is 7.39. The number of anilines is 2. The number of hydrogen-bond donors (Lipinski definition) is 1. The smallest absolute Gasteiger partial charge is 0.268 e. The van der Waals surface area contributed by atoms with Crippen LogP contribution in [0.5, 0.6) is 0 Å². The number of rotatable bonds is 1. The zero-order chi connectivity index (χ0) is 13.4. The number of carbonyl (C=O) groups excluding carboxylic acids is 1. The maximum absolute atomic E-state index is 12.5. The minimum atomic E-state index is -0.0101. The van der Waals surface area contributed by atoms with E-state index in [0.29, 0.717) is 21.4 Å². The summed E-state index contributed by atoms with van der Waals surface area (Å²) in [4.78, 5) is 16.0. The Labute approximate surface area is 124 Å². The van der Waals surface area contributed by atoms with E-state index in [-0.39, 0.29) is 5.91 Å². The van der Waals surface area contributed by atoms with E-state index in [1.807, 2.05) is 18.2 Å². The third kappa shape index (κ3) is 2.45. The highest BCUT2D eigenvalue weighted by molar-refractivity contribution is 7.99. The van der Waals surface area contributed by atoms with E-state index in [0.717, 1.165) is 16.3 Å². The van der Waals surface area contributed by atoms with Gasteiger partial charge >= 0.3 is 0 Å². The van der Waals surface area contributed by atoms with E-state index in [2.05, 4.69) is 0 Å². The van der Waals surface area contributed by atoms with Gasteiger partial charge in [0.15, 0.2) is 0 Å². The average Bonchev–Trinajstić information content (AvgIpc) is 2.84. The zero-order valence-electron chi connectivity index (χ0n) is 9.93. The molecule has 0 aliphatic carbocycles. The maximum atomic E-state index is 12.5. The maximum Gasteiger partial charge on any atom is 0.268 e. The van der Waals surface area contributed by atoms with Crippen LogP contribution in [-0.4, -0.2) is 18.2 Å². The number of nitrogens with two attached hydrogens (primary N) is 1. The topological polar surface area (TPSA) is 46.3 Å². The van der Waals surface area contributed by atoms with Crippen molar-refractivity contribution in [2.75, 3.05) is 22.9 Å². The van der Waals surface area contributed by atoms with E-state index in [1.165, 1.54) is 11.3 Å². The summed E-state index contributed by atoms with van der Waals surface area (Å²) >= 11 is 8.94. The van der Waals surface area contributed by atoms with Gasteiger partial charge in [0.1, 0.15) is 0 Å². The fourth-order valence-electron chi connectivity index (χ4n) is 2.01. The molecule has 1 aromatic heterocycles. The molecule has 0 saturated heterocycles. The van der Waals surface area contributed by atoms with Gasteiger partial charge in [0.05, 0.1) is 14.9 Å². The molecule has 1 aliphatic heterocycles. The molecule has 0 unspecified atom stereocenters. The predicted octanol–water partition coefficient (Wildman–Crippen LogP) is 3.74. The summed E-state index contributed by atoms with van der Waals surface area (Å²) in [5, 5.41) is 0. The first kappa shape index (κ1) is 12.8. The number of benzene rings is 1. The Hall–Kier alpha value is -1.17. The van der Waals surface area contributed by atoms with Gasteiger partial charge in [0, 0.05) is 22.9 Å². The molecule has 2 aromatic rings. The lowest BCUT2D eigenvalue weighted by atomic mass is 10.2. The molecule has 0 fully saturated rings. The predicted molar refractivity (Wildman–Crippen MR) is 82.6 cm³/mol. The van der Waals surface area contributed by atoms with Crippen molar-refractivity contribution >= 4 is 52.0 Å². The summed E-state index contributed by atoms with van der Waals surface area (Å²) in [5.74, 6) is 0.881. The van der Waals surface area contributed by atoms with Crippen molar-refractivity contribution in [1.82, 2.24) is 0 Å². The molecule has 0 spiro atoms. The van der Waals surface area contributed by atoms with Crippen LogP contribution in [0, 0.1) is 0 Å². The van der Waals surface area contributed by atoms with Gasteiger partial charge in [-0.1, -0.05) is 11.6 Å². The minimum absolute atomic E-state index is 0.0101. The van der Waals surface area contributed by atoms with Crippen molar-refractivity contribution in [3.63, 3.8) is 0 Å². The molecule has 0 saturated carbocycles. The fraction of sp³-hybridized carbons (Fsp3) is 0.154. The second-order valence-electron chi connectivity index (χ2n) is 4.14. The van der Waals surface area contributed by atoms with Crippen LogP contribution in [0.3, 0.4) is 0 Å². The summed E-state index contributed by atoms with van der Waals surface area (Å²) < 4.78 is 0.627. The molecule has 2 N–H and O–H groups in total. The lowest BCUT2D eigenvalue weighted by Crippen LogP contribution is -2.35. The van der Waals surface area contributed by atoms with Gasteiger partial charge in [-0.05, 0) is 30.3 Å². The molecule has 0 atom stereocenters. The van der Waals surface area contributed by atoms with E-state index >= 15 is 0 Å². The Morgan fingerprint density at radius 3 is 2.89 bits per heavy atom. The van der Waals surface area contributed by atoms with Crippen molar-refractivity contribution in [2.45, 2.75) is 4.90 Å². The molecule has 1 aliphatic rings. The van der Waals surface area contributed by atoms with Crippen LogP contribution >= 0.6 is 34.7 Å². The van der Waals surface area contributed by atoms with E-state index in [4.69, 9.17) is 17.3 Å². The zero-order valence-corrected chi connectivity index (χ0v) is 12.3. The number of thiophene rings is 1. The van der Waals surface area contributed by atoms with E-state index < -0.39 is 0 Å². The first-order chi connectivity index (χ1) is 9.15. The number of nitrogen functional groups attached to an aromatic ring is 1. The molecule has 6 heteroatoms. The van der Waals surface area contributed by atoms with Crippen LogP contribution in [0.2, 0.25) is 4.34 Å². The first-order valence-corrected chi connectivity index (χ1v) is 7.93. The van der Waals surface area contributed by atoms with Gasteiger partial charge in [-0.15, -0.1) is 23.1 Å². The van der Waals surface area contributed by atoms with Crippen molar-refractivity contribution in [3.05, 3.63) is 39.5 Å². The minimum Gasteiger partial charge on any atom is -0.399 e. The number of halogens is 1. The standard InChI is InChI=1S/C13H11ClN2OS2/c14-12-4-3-11(19-12)13(17)16-5-6-18-10-2-1-8(15)7-9(10)16/h1-4,7H,5-6,15H2. The third-order valence-electron chi connectivity index (χ3n) is 2.88. The fourth-order valence-corrected chi connectivity index (χ4v) is 3.98. The molecule has 1 aromatic carbocycles. The number of carbonyl (C=O) groups is 1. The van der Waals surface area contributed by atoms with Crippen molar-refractivity contribution < 1.29 is 4.79 Å². The highest BCUT2D eigenvalue weighted by atomic mass is 35.5.